The van der Waals surface area contributed by atoms with Gasteiger partial charge in [-0.1, -0.05) is 12.1 Å². The van der Waals surface area contributed by atoms with Crippen molar-refractivity contribution in [2.24, 2.45) is 5.14 Å². The molecule has 10 heteroatoms. The van der Waals surface area contributed by atoms with E-state index in [4.69, 9.17) is 10.9 Å². The Balaban J connectivity index is 1.89. The second-order valence-electron chi connectivity index (χ2n) is 4.19. The molecule has 0 atom stereocenters. The van der Waals surface area contributed by atoms with Crippen molar-refractivity contribution >= 4 is 21.7 Å². The third-order valence-electron chi connectivity index (χ3n) is 2.68. The van der Waals surface area contributed by atoms with Crippen molar-refractivity contribution in [2.45, 2.75) is 11.3 Å². The highest BCUT2D eigenvalue weighted by Gasteiger charge is 2.15. The van der Waals surface area contributed by atoms with Gasteiger partial charge in [0.25, 0.3) is 5.91 Å². The minimum absolute atomic E-state index is 0.0386. The highest BCUT2D eigenvalue weighted by molar-refractivity contribution is 7.89. The molecule has 5 N–H and O–H groups in total. The summed E-state index contributed by atoms with van der Waals surface area (Å²) in [5.41, 5.74) is 6.16. The van der Waals surface area contributed by atoms with Crippen LogP contribution in [0.2, 0.25) is 0 Å². The molecule has 0 radical (unpaired) electrons. The fraction of sp³-hybridized carbons (Fsp3) is 0.182. The summed E-state index contributed by atoms with van der Waals surface area (Å²) in [6.45, 7) is 0.319. The van der Waals surface area contributed by atoms with Crippen molar-refractivity contribution in [1.29, 1.82) is 0 Å². The number of aromatic nitrogens is 2. The Morgan fingerprint density at radius 1 is 1.24 bits per heavy atom. The van der Waals surface area contributed by atoms with Gasteiger partial charge in [-0.25, -0.2) is 18.2 Å². The van der Waals surface area contributed by atoms with Gasteiger partial charge in [-0.05, 0) is 34.4 Å². The molecule has 0 aliphatic heterocycles. The number of hydrogen-bond donors (Lipinski definition) is 3. The highest BCUT2D eigenvalue weighted by Crippen LogP contribution is 2.09. The number of nitrogens with zero attached hydrogens (tertiary/aromatic N) is 2. The zero-order valence-electron chi connectivity index (χ0n) is 10.8. The summed E-state index contributed by atoms with van der Waals surface area (Å²) in [6.07, 6.45) is 0.502. The van der Waals surface area contributed by atoms with Gasteiger partial charge in [-0.15, -0.1) is 0 Å². The Bertz CT molecular complexity index is 738. The molecule has 0 unspecified atom stereocenters. The molecule has 1 amide bonds. The summed E-state index contributed by atoms with van der Waals surface area (Å²) in [5.74, 6) is -0.570. The van der Waals surface area contributed by atoms with Crippen LogP contribution >= 0.6 is 0 Å². The molecular weight excluding hydrogens is 298 g/mol. The smallest absolute Gasteiger partial charge is 0.277 e. The van der Waals surface area contributed by atoms with Crippen molar-refractivity contribution < 1.29 is 17.8 Å². The quantitative estimate of drug-likeness (QED) is 0.657. The summed E-state index contributed by atoms with van der Waals surface area (Å²) >= 11 is 0. The Hall–Kier alpha value is -2.46. The molecule has 2 aromatic rings. The second-order valence-corrected chi connectivity index (χ2v) is 5.75. The van der Waals surface area contributed by atoms with Crippen molar-refractivity contribution in [3.8, 4) is 0 Å². The molecule has 21 heavy (non-hydrogen) atoms. The lowest BCUT2D eigenvalue weighted by atomic mass is 10.1. The molecule has 0 bridgehead atoms. The minimum atomic E-state index is -3.70. The van der Waals surface area contributed by atoms with E-state index in [0.717, 1.165) is 5.56 Å². The molecule has 0 aliphatic carbocycles. The average Bonchev–Trinajstić information content (AvgIpc) is 2.84. The van der Waals surface area contributed by atoms with Crippen LogP contribution in [0.1, 0.15) is 16.1 Å². The van der Waals surface area contributed by atoms with Gasteiger partial charge in [0.1, 0.15) is 0 Å². The Morgan fingerprint density at radius 2 is 1.90 bits per heavy atom. The van der Waals surface area contributed by atoms with E-state index in [1.54, 1.807) is 12.1 Å². The van der Waals surface area contributed by atoms with Crippen LogP contribution in [0, 0.1) is 0 Å². The number of sulfonamides is 1. The van der Waals surface area contributed by atoms with E-state index in [1.165, 1.54) is 12.1 Å². The maximum absolute atomic E-state index is 11.7. The number of hydrogen-bond acceptors (Lipinski definition) is 7. The molecule has 2 rings (SSSR count). The predicted molar refractivity (Wildman–Crippen MR) is 72.6 cm³/mol. The summed E-state index contributed by atoms with van der Waals surface area (Å²) in [5, 5.41) is 14.3. The van der Waals surface area contributed by atoms with E-state index < -0.39 is 15.9 Å². The number of nitrogens with one attached hydrogen (secondary N) is 1. The normalized spacial score (nSPS) is 11.3. The van der Waals surface area contributed by atoms with E-state index in [1.807, 2.05) is 0 Å². The molecule has 1 aromatic carbocycles. The SMILES string of the molecule is Nc1nonc1C(=O)NCCc1ccc(S(N)(=O)=O)cc1. The van der Waals surface area contributed by atoms with Crippen molar-refractivity contribution in [2.75, 3.05) is 12.3 Å². The van der Waals surface area contributed by atoms with E-state index in [9.17, 15) is 13.2 Å². The van der Waals surface area contributed by atoms with Gasteiger partial charge in [-0.2, -0.15) is 0 Å². The fourth-order valence-corrected chi connectivity index (χ4v) is 2.12. The van der Waals surface area contributed by atoms with Gasteiger partial charge >= 0.3 is 0 Å². The summed E-state index contributed by atoms with van der Waals surface area (Å²) < 4.78 is 26.5. The number of carbonyl (C=O) groups excluding carboxylic acids is 1. The molecule has 0 saturated carbocycles. The first-order chi connectivity index (χ1) is 9.88. The van der Waals surface area contributed by atoms with Crippen molar-refractivity contribution in [3.63, 3.8) is 0 Å². The number of carbonyl (C=O) groups is 1. The summed E-state index contributed by atoms with van der Waals surface area (Å²) in [6, 6.07) is 6.06. The maximum atomic E-state index is 11.7. The molecule has 1 heterocycles. The molecule has 9 nitrogen and oxygen atoms in total. The highest BCUT2D eigenvalue weighted by atomic mass is 32.2. The molecule has 0 saturated heterocycles. The Labute approximate surface area is 120 Å². The van der Waals surface area contributed by atoms with Crippen molar-refractivity contribution in [1.82, 2.24) is 15.6 Å². The fourth-order valence-electron chi connectivity index (χ4n) is 1.60. The number of rotatable bonds is 5. The van der Waals surface area contributed by atoms with E-state index in [-0.39, 0.29) is 16.4 Å². The number of anilines is 1. The van der Waals surface area contributed by atoms with E-state index >= 15 is 0 Å². The van der Waals surface area contributed by atoms with Crippen LogP contribution in [0.15, 0.2) is 33.8 Å². The van der Waals surface area contributed by atoms with Gasteiger partial charge in [0.05, 0.1) is 4.90 Å². The number of primary sulfonamides is 1. The van der Waals surface area contributed by atoms with Crippen LogP contribution in [0.25, 0.3) is 0 Å². The number of amides is 1. The van der Waals surface area contributed by atoms with Crippen LogP contribution in [-0.2, 0) is 16.4 Å². The summed E-state index contributed by atoms with van der Waals surface area (Å²) in [7, 11) is -3.70. The van der Waals surface area contributed by atoms with Crippen LogP contribution in [-0.4, -0.2) is 31.2 Å². The third-order valence-corrected chi connectivity index (χ3v) is 3.61. The van der Waals surface area contributed by atoms with Gasteiger partial charge in [-0.3, -0.25) is 4.79 Å². The van der Waals surface area contributed by atoms with Crippen LogP contribution in [0.4, 0.5) is 5.82 Å². The Morgan fingerprint density at radius 3 is 2.43 bits per heavy atom. The molecule has 1 aromatic heterocycles. The lowest BCUT2D eigenvalue weighted by Gasteiger charge is -2.04. The number of nitrogen functional groups attached to an aromatic ring is 1. The average molecular weight is 311 g/mol. The zero-order valence-corrected chi connectivity index (χ0v) is 11.6. The number of benzene rings is 1. The second kappa shape index (κ2) is 5.89. The van der Waals surface area contributed by atoms with Crippen molar-refractivity contribution in [3.05, 3.63) is 35.5 Å². The maximum Gasteiger partial charge on any atom is 0.277 e. The largest absolute Gasteiger partial charge is 0.379 e. The topological polar surface area (TPSA) is 154 Å². The van der Waals surface area contributed by atoms with Gasteiger partial charge in [0.2, 0.25) is 21.5 Å². The molecule has 0 aliphatic rings. The van der Waals surface area contributed by atoms with E-state index in [0.29, 0.717) is 13.0 Å². The van der Waals surface area contributed by atoms with E-state index in [2.05, 4.69) is 20.3 Å². The van der Waals surface area contributed by atoms with Crippen LogP contribution in [0.5, 0.6) is 0 Å². The predicted octanol–water partition coefficient (Wildman–Crippen LogP) is -0.728. The summed E-state index contributed by atoms with van der Waals surface area (Å²) in [4.78, 5) is 11.7. The monoisotopic (exact) mass is 311 g/mol. The Kier molecular flexibility index (Phi) is 4.19. The standard InChI is InChI=1S/C11H13N5O4S/c12-10-9(15-20-16-10)11(17)14-6-5-7-1-3-8(4-2-7)21(13,18)19/h1-4H,5-6H2,(H2,12,16)(H,14,17)(H2,13,18,19). The zero-order chi connectivity index (χ0) is 15.5. The number of nitrogens with two attached hydrogens (primary N) is 2. The molecular formula is C11H13N5O4S. The molecule has 112 valence electrons. The first-order valence-electron chi connectivity index (χ1n) is 5.86. The minimum Gasteiger partial charge on any atom is -0.379 e. The first-order valence-corrected chi connectivity index (χ1v) is 7.40. The van der Waals surface area contributed by atoms with Gasteiger partial charge < -0.3 is 11.1 Å². The van der Waals surface area contributed by atoms with Crippen LogP contribution in [0.3, 0.4) is 0 Å². The van der Waals surface area contributed by atoms with Crippen LogP contribution < -0.4 is 16.2 Å². The third kappa shape index (κ3) is 3.77. The lowest BCUT2D eigenvalue weighted by molar-refractivity contribution is 0.0945. The van der Waals surface area contributed by atoms with Gasteiger partial charge in [0.15, 0.2) is 0 Å². The van der Waals surface area contributed by atoms with Gasteiger partial charge in [0, 0.05) is 6.54 Å². The lowest BCUT2D eigenvalue weighted by Crippen LogP contribution is -2.26. The molecule has 0 spiro atoms. The molecule has 0 fully saturated rings. The first kappa shape index (κ1) is 14.9.